The van der Waals surface area contributed by atoms with Gasteiger partial charge >= 0.3 is 5.97 Å². The van der Waals surface area contributed by atoms with Crippen LogP contribution in [0.2, 0.25) is 0 Å². The Labute approximate surface area is 72.0 Å². The third kappa shape index (κ3) is 1.37. The van der Waals surface area contributed by atoms with Crippen LogP contribution < -0.4 is 0 Å². The summed E-state index contributed by atoms with van der Waals surface area (Å²) in [6.07, 6.45) is 7.05. The van der Waals surface area contributed by atoms with Crippen molar-refractivity contribution in [3.8, 4) is 0 Å². The molecule has 1 unspecified atom stereocenters. The molecule has 0 radical (unpaired) electrons. The summed E-state index contributed by atoms with van der Waals surface area (Å²) in [6.45, 7) is 2.06. The Morgan fingerprint density at radius 1 is 1.33 bits per heavy atom. The van der Waals surface area contributed by atoms with Gasteiger partial charge < -0.3 is 4.74 Å². The minimum absolute atomic E-state index is 0.0923. The first-order chi connectivity index (χ1) is 5.88. The standard InChI is InChI=1S/C9H13NO2/c11-9-8(4-7-12-9)10-5-2-1-3-6-10/h4,7-8H,1-3,5-6H2. The Hall–Kier alpha value is -0.830. The van der Waals surface area contributed by atoms with Gasteiger partial charge in [-0.3, -0.25) is 4.90 Å². The molecule has 3 nitrogen and oxygen atoms in total. The number of carbonyl (C=O) groups is 1. The highest BCUT2D eigenvalue weighted by molar-refractivity contribution is 5.80. The molecule has 2 heterocycles. The molecule has 0 saturated carbocycles. The van der Waals surface area contributed by atoms with Crippen LogP contribution in [0.1, 0.15) is 19.3 Å². The molecule has 2 aliphatic heterocycles. The van der Waals surface area contributed by atoms with Crippen LogP contribution in [0.25, 0.3) is 0 Å². The molecule has 66 valence electrons. The fraction of sp³-hybridized carbons (Fsp3) is 0.667. The van der Waals surface area contributed by atoms with Gasteiger partial charge in [-0.25, -0.2) is 4.79 Å². The molecule has 0 N–H and O–H groups in total. The number of nitrogens with zero attached hydrogens (tertiary/aromatic N) is 1. The summed E-state index contributed by atoms with van der Waals surface area (Å²) in [5, 5.41) is 0. The van der Waals surface area contributed by atoms with E-state index in [-0.39, 0.29) is 12.0 Å². The zero-order valence-corrected chi connectivity index (χ0v) is 7.03. The molecular weight excluding hydrogens is 154 g/mol. The molecule has 0 aliphatic carbocycles. The van der Waals surface area contributed by atoms with Gasteiger partial charge in [0.2, 0.25) is 0 Å². The van der Waals surface area contributed by atoms with Crippen LogP contribution in [0.15, 0.2) is 12.3 Å². The van der Waals surface area contributed by atoms with Crippen LogP contribution in [-0.2, 0) is 9.53 Å². The highest BCUT2D eigenvalue weighted by atomic mass is 16.5. The predicted molar refractivity (Wildman–Crippen MR) is 44.4 cm³/mol. The minimum Gasteiger partial charge on any atom is -0.433 e. The van der Waals surface area contributed by atoms with Crippen molar-refractivity contribution in [2.24, 2.45) is 0 Å². The van der Waals surface area contributed by atoms with Crippen molar-refractivity contribution in [1.29, 1.82) is 0 Å². The SMILES string of the molecule is O=C1OC=CC1N1CCCCC1. The van der Waals surface area contributed by atoms with E-state index in [2.05, 4.69) is 4.90 Å². The van der Waals surface area contributed by atoms with Gasteiger partial charge in [-0.05, 0) is 32.0 Å². The Balaban J connectivity index is 1.97. The fourth-order valence-corrected chi connectivity index (χ4v) is 1.80. The number of likely N-dealkylation sites (tertiary alicyclic amines) is 1. The van der Waals surface area contributed by atoms with Crippen LogP contribution in [0.4, 0.5) is 0 Å². The van der Waals surface area contributed by atoms with Gasteiger partial charge in [0.25, 0.3) is 0 Å². The maximum Gasteiger partial charge on any atom is 0.332 e. The summed E-state index contributed by atoms with van der Waals surface area (Å²) in [7, 11) is 0. The van der Waals surface area contributed by atoms with Crippen molar-refractivity contribution in [2.75, 3.05) is 13.1 Å². The van der Waals surface area contributed by atoms with Crippen LogP contribution in [0.3, 0.4) is 0 Å². The van der Waals surface area contributed by atoms with Gasteiger partial charge in [-0.2, -0.15) is 0 Å². The smallest absolute Gasteiger partial charge is 0.332 e. The van der Waals surface area contributed by atoms with E-state index in [4.69, 9.17) is 4.74 Å². The lowest BCUT2D eigenvalue weighted by Crippen LogP contribution is -2.41. The molecule has 2 aliphatic rings. The summed E-state index contributed by atoms with van der Waals surface area (Å²) in [5.41, 5.74) is 0. The second kappa shape index (κ2) is 3.27. The first-order valence-corrected chi connectivity index (χ1v) is 4.49. The number of piperidine rings is 1. The van der Waals surface area contributed by atoms with Crippen LogP contribution in [0, 0.1) is 0 Å². The fourth-order valence-electron chi connectivity index (χ4n) is 1.80. The molecule has 1 atom stereocenters. The Morgan fingerprint density at radius 3 is 2.67 bits per heavy atom. The van der Waals surface area contributed by atoms with Crippen LogP contribution in [0.5, 0.6) is 0 Å². The molecule has 0 aromatic rings. The number of esters is 1. The van der Waals surface area contributed by atoms with Gasteiger partial charge in [-0.1, -0.05) is 6.42 Å². The van der Waals surface area contributed by atoms with E-state index in [9.17, 15) is 4.79 Å². The summed E-state index contributed by atoms with van der Waals surface area (Å²) >= 11 is 0. The van der Waals surface area contributed by atoms with E-state index < -0.39 is 0 Å². The van der Waals surface area contributed by atoms with Gasteiger partial charge in [0.05, 0.1) is 6.26 Å². The Morgan fingerprint density at radius 2 is 2.08 bits per heavy atom. The summed E-state index contributed by atoms with van der Waals surface area (Å²) in [4.78, 5) is 13.3. The van der Waals surface area contributed by atoms with Crippen LogP contribution >= 0.6 is 0 Å². The zero-order valence-electron chi connectivity index (χ0n) is 7.03. The molecule has 1 fully saturated rings. The summed E-state index contributed by atoms with van der Waals surface area (Å²) in [6, 6.07) is -0.0923. The maximum atomic E-state index is 11.1. The molecule has 0 aromatic carbocycles. The summed E-state index contributed by atoms with van der Waals surface area (Å²) in [5.74, 6) is -0.114. The molecule has 1 saturated heterocycles. The third-order valence-electron chi connectivity index (χ3n) is 2.47. The number of hydrogen-bond acceptors (Lipinski definition) is 3. The second-order valence-electron chi connectivity index (χ2n) is 3.31. The Kier molecular flexibility index (Phi) is 2.13. The van der Waals surface area contributed by atoms with Crippen molar-refractivity contribution in [3.63, 3.8) is 0 Å². The largest absolute Gasteiger partial charge is 0.433 e. The number of carbonyl (C=O) groups excluding carboxylic acids is 1. The average molecular weight is 167 g/mol. The minimum atomic E-state index is -0.114. The lowest BCUT2D eigenvalue weighted by atomic mass is 10.1. The molecule has 0 spiro atoms. The van der Waals surface area contributed by atoms with Crippen molar-refractivity contribution in [1.82, 2.24) is 4.90 Å². The van der Waals surface area contributed by atoms with Crippen LogP contribution in [-0.4, -0.2) is 30.0 Å². The van der Waals surface area contributed by atoms with Gasteiger partial charge in [0.15, 0.2) is 0 Å². The lowest BCUT2D eigenvalue weighted by molar-refractivity contribution is -0.140. The predicted octanol–water partition coefficient (Wildman–Crippen LogP) is 0.911. The molecule has 0 aromatic heterocycles. The molecule has 12 heavy (non-hydrogen) atoms. The van der Waals surface area contributed by atoms with Crippen molar-refractivity contribution in [2.45, 2.75) is 25.3 Å². The first-order valence-electron chi connectivity index (χ1n) is 4.49. The third-order valence-corrected chi connectivity index (χ3v) is 2.47. The highest BCUT2D eigenvalue weighted by Crippen LogP contribution is 2.16. The zero-order chi connectivity index (χ0) is 8.39. The van der Waals surface area contributed by atoms with E-state index >= 15 is 0 Å². The number of cyclic esters (lactones) is 1. The average Bonchev–Trinajstić information content (AvgIpc) is 2.53. The monoisotopic (exact) mass is 167 g/mol. The molecule has 3 heteroatoms. The van der Waals surface area contributed by atoms with E-state index in [0.717, 1.165) is 13.1 Å². The lowest BCUT2D eigenvalue weighted by Gasteiger charge is -2.28. The van der Waals surface area contributed by atoms with E-state index in [0.29, 0.717) is 0 Å². The number of ether oxygens (including phenoxy) is 1. The number of hydrogen-bond donors (Lipinski definition) is 0. The van der Waals surface area contributed by atoms with E-state index in [1.165, 1.54) is 25.5 Å². The second-order valence-corrected chi connectivity index (χ2v) is 3.31. The van der Waals surface area contributed by atoms with Gasteiger partial charge in [0.1, 0.15) is 6.04 Å². The first kappa shape index (κ1) is 7.80. The maximum absolute atomic E-state index is 11.1. The van der Waals surface area contributed by atoms with Gasteiger partial charge in [0, 0.05) is 0 Å². The molecule has 0 amide bonds. The number of rotatable bonds is 1. The molecule has 0 bridgehead atoms. The topological polar surface area (TPSA) is 29.5 Å². The van der Waals surface area contributed by atoms with Gasteiger partial charge in [-0.15, -0.1) is 0 Å². The molecule has 2 rings (SSSR count). The van der Waals surface area contributed by atoms with E-state index in [1.54, 1.807) is 0 Å². The van der Waals surface area contributed by atoms with Crippen molar-refractivity contribution >= 4 is 5.97 Å². The normalized spacial score (nSPS) is 30.7. The Bertz CT molecular complexity index is 207. The quantitative estimate of drug-likeness (QED) is 0.544. The highest BCUT2D eigenvalue weighted by Gasteiger charge is 2.28. The molecular formula is C9H13NO2. The summed E-state index contributed by atoms with van der Waals surface area (Å²) < 4.78 is 4.76. The van der Waals surface area contributed by atoms with Crippen molar-refractivity contribution < 1.29 is 9.53 Å². The van der Waals surface area contributed by atoms with Crippen molar-refractivity contribution in [3.05, 3.63) is 12.3 Å². The van der Waals surface area contributed by atoms with E-state index in [1.807, 2.05) is 6.08 Å².